The molecule has 6 nitrogen and oxygen atoms in total. The summed E-state index contributed by atoms with van der Waals surface area (Å²) >= 11 is 2.88. The van der Waals surface area contributed by atoms with Gasteiger partial charge >= 0.3 is 0 Å². The van der Waals surface area contributed by atoms with E-state index >= 15 is 0 Å². The molecular formula is C22H21FN4O2S2. The van der Waals surface area contributed by atoms with E-state index in [-0.39, 0.29) is 23.5 Å². The van der Waals surface area contributed by atoms with Gasteiger partial charge in [-0.1, -0.05) is 30.0 Å². The molecule has 4 aromatic rings. The number of hydrogen-bond donors (Lipinski definition) is 1. The Labute approximate surface area is 187 Å². The lowest BCUT2D eigenvalue weighted by Crippen LogP contribution is -2.30. The molecule has 1 atom stereocenters. The standard InChI is InChI=1S/C22H21FN4O2S2/c1-3-27-21(17-10-11-29-14(17)2)25-26-22(27)31-13-19(28)24-20(18-5-4-12-30-18)15-6-8-16(23)9-7-15/h4-12,20H,3,13H2,1-2H3,(H,24,28)/t20-/m1/s1. The van der Waals surface area contributed by atoms with Crippen molar-refractivity contribution in [3.05, 3.63) is 76.1 Å². The van der Waals surface area contributed by atoms with Crippen molar-refractivity contribution < 1.29 is 13.6 Å². The van der Waals surface area contributed by atoms with Crippen molar-refractivity contribution in [2.75, 3.05) is 5.75 Å². The first-order chi connectivity index (χ1) is 15.1. The number of thiophene rings is 1. The van der Waals surface area contributed by atoms with Crippen molar-refractivity contribution in [2.24, 2.45) is 0 Å². The Hall–Kier alpha value is -2.91. The lowest BCUT2D eigenvalue weighted by Gasteiger charge is -2.18. The molecule has 3 aromatic heterocycles. The topological polar surface area (TPSA) is 73.0 Å². The number of nitrogens with one attached hydrogen (secondary N) is 1. The van der Waals surface area contributed by atoms with Gasteiger partial charge in [0.1, 0.15) is 11.6 Å². The molecule has 1 aromatic carbocycles. The molecule has 0 fully saturated rings. The Bertz CT molecular complexity index is 1150. The molecular weight excluding hydrogens is 435 g/mol. The summed E-state index contributed by atoms with van der Waals surface area (Å²) in [6.45, 7) is 4.56. The molecule has 0 saturated heterocycles. The molecule has 0 aliphatic rings. The van der Waals surface area contributed by atoms with Gasteiger partial charge in [0.2, 0.25) is 5.91 Å². The average molecular weight is 457 g/mol. The normalized spacial score (nSPS) is 12.1. The number of furan rings is 1. The summed E-state index contributed by atoms with van der Waals surface area (Å²) in [5, 5.41) is 14.2. The third kappa shape index (κ3) is 4.72. The van der Waals surface area contributed by atoms with E-state index in [1.165, 1.54) is 23.9 Å². The van der Waals surface area contributed by atoms with E-state index in [4.69, 9.17) is 4.42 Å². The van der Waals surface area contributed by atoms with Crippen molar-refractivity contribution in [3.63, 3.8) is 0 Å². The Morgan fingerprint density at radius 1 is 1.26 bits per heavy atom. The minimum atomic E-state index is -0.332. The van der Waals surface area contributed by atoms with Crippen LogP contribution < -0.4 is 5.32 Å². The average Bonchev–Trinajstić information content (AvgIpc) is 3.52. The van der Waals surface area contributed by atoms with Crippen molar-refractivity contribution in [2.45, 2.75) is 31.6 Å². The summed E-state index contributed by atoms with van der Waals surface area (Å²) in [5.41, 5.74) is 1.72. The van der Waals surface area contributed by atoms with Crippen LogP contribution >= 0.6 is 23.1 Å². The molecule has 1 amide bonds. The van der Waals surface area contributed by atoms with Gasteiger partial charge in [-0.25, -0.2) is 4.39 Å². The fraction of sp³-hybridized carbons (Fsp3) is 0.227. The van der Waals surface area contributed by atoms with Crippen LogP contribution in [-0.4, -0.2) is 26.4 Å². The number of aromatic nitrogens is 3. The lowest BCUT2D eigenvalue weighted by molar-refractivity contribution is -0.119. The predicted molar refractivity (Wildman–Crippen MR) is 120 cm³/mol. The maximum absolute atomic E-state index is 13.4. The van der Waals surface area contributed by atoms with Crippen LogP contribution in [-0.2, 0) is 11.3 Å². The zero-order valence-electron chi connectivity index (χ0n) is 17.0. The van der Waals surface area contributed by atoms with Crippen LogP contribution in [0.15, 0.2) is 63.7 Å². The van der Waals surface area contributed by atoms with Crippen molar-refractivity contribution >= 4 is 29.0 Å². The molecule has 3 heterocycles. The van der Waals surface area contributed by atoms with Crippen LogP contribution in [0.4, 0.5) is 4.39 Å². The second kappa shape index (κ2) is 9.49. The van der Waals surface area contributed by atoms with E-state index in [1.54, 1.807) is 29.7 Å². The number of rotatable bonds is 8. The van der Waals surface area contributed by atoms with E-state index in [9.17, 15) is 9.18 Å². The molecule has 0 saturated carbocycles. The molecule has 1 N–H and O–H groups in total. The van der Waals surface area contributed by atoms with Crippen LogP contribution in [0.2, 0.25) is 0 Å². The van der Waals surface area contributed by atoms with Gasteiger partial charge in [-0.2, -0.15) is 0 Å². The SMILES string of the molecule is CCn1c(SCC(=O)N[C@H](c2ccc(F)cc2)c2cccs2)nnc1-c1ccoc1C. The highest BCUT2D eigenvalue weighted by Gasteiger charge is 2.20. The molecule has 0 bridgehead atoms. The highest BCUT2D eigenvalue weighted by atomic mass is 32.2. The molecule has 4 rings (SSSR count). The summed E-state index contributed by atoms with van der Waals surface area (Å²) in [4.78, 5) is 13.8. The number of hydrogen-bond acceptors (Lipinski definition) is 6. The lowest BCUT2D eigenvalue weighted by atomic mass is 10.1. The third-order valence-electron chi connectivity index (χ3n) is 4.80. The predicted octanol–water partition coefficient (Wildman–Crippen LogP) is 5.06. The molecule has 160 valence electrons. The Kier molecular flexibility index (Phi) is 6.53. The van der Waals surface area contributed by atoms with Gasteiger partial charge in [-0.3, -0.25) is 4.79 Å². The fourth-order valence-electron chi connectivity index (χ4n) is 3.26. The molecule has 0 aliphatic carbocycles. The molecule has 0 aliphatic heterocycles. The first-order valence-electron chi connectivity index (χ1n) is 9.75. The number of thioether (sulfide) groups is 1. The highest BCUT2D eigenvalue weighted by molar-refractivity contribution is 7.99. The summed E-state index contributed by atoms with van der Waals surface area (Å²) in [6.07, 6.45) is 1.62. The van der Waals surface area contributed by atoms with Gasteiger partial charge in [-0.05, 0) is 49.1 Å². The smallest absolute Gasteiger partial charge is 0.231 e. The van der Waals surface area contributed by atoms with Crippen LogP contribution in [0.25, 0.3) is 11.4 Å². The number of carbonyl (C=O) groups excluding carboxylic acids is 1. The molecule has 0 spiro atoms. The number of nitrogens with zero attached hydrogens (tertiary/aromatic N) is 3. The van der Waals surface area contributed by atoms with Gasteiger partial charge < -0.3 is 14.3 Å². The zero-order chi connectivity index (χ0) is 21.8. The monoisotopic (exact) mass is 456 g/mol. The van der Waals surface area contributed by atoms with Gasteiger partial charge in [0, 0.05) is 11.4 Å². The maximum atomic E-state index is 13.4. The van der Waals surface area contributed by atoms with Crippen LogP contribution in [0, 0.1) is 12.7 Å². The van der Waals surface area contributed by atoms with E-state index in [0.717, 1.165) is 27.6 Å². The van der Waals surface area contributed by atoms with E-state index in [0.29, 0.717) is 11.7 Å². The summed E-state index contributed by atoms with van der Waals surface area (Å²) < 4.78 is 20.7. The number of amides is 1. The van der Waals surface area contributed by atoms with E-state index in [1.807, 2.05) is 42.0 Å². The van der Waals surface area contributed by atoms with Gasteiger partial charge in [0.05, 0.1) is 23.6 Å². The van der Waals surface area contributed by atoms with Crippen LogP contribution in [0.1, 0.15) is 29.2 Å². The number of aryl methyl sites for hydroxylation is 1. The largest absolute Gasteiger partial charge is 0.469 e. The minimum absolute atomic E-state index is 0.139. The number of halogens is 1. The fourth-order valence-corrected chi connectivity index (χ4v) is 4.87. The first-order valence-corrected chi connectivity index (χ1v) is 11.6. The van der Waals surface area contributed by atoms with Crippen molar-refractivity contribution in [1.29, 1.82) is 0 Å². The minimum Gasteiger partial charge on any atom is -0.469 e. The highest BCUT2D eigenvalue weighted by Crippen LogP contribution is 2.28. The quantitative estimate of drug-likeness (QED) is 0.375. The van der Waals surface area contributed by atoms with Crippen LogP contribution in [0.5, 0.6) is 0 Å². The van der Waals surface area contributed by atoms with E-state index in [2.05, 4.69) is 15.5 Å². The zero-order valence-corrected chi connectivity index (χ0v) is 18.7. The van der Waals surface area contributed by atoms with Crippen molar-refractivity contribution in [3.8, 4) is 11.4 Å². The second-order valence-corrected chi connectivity index (χ2v) is 8.72. The third-order valence-corrected chi connectivity index (χ3v) is 6.71. The van der Waals surface area contributed by atoms with Crippen molar-refractivity contribution in [1.82, 2.24) is 20.1 Å². The molecule has 31 heavy (non-hydrogen) atoms. The Morgan fingerprint density at radius 3 is 2.71 bits per heavy atom. The molecule has 0 radical (unpaired) electrons. The van der Waals surface area contributed by atoms with Crippen LogP contribution in [0.3, 0.4) is 0 Å². The van der Waals surface area contributed by atoms with Gasteiger partial charge in [0.25, 0.3) is 0 Å². The van der Waals surface area contributed by atoms with E-state index < -0.39 is 0 Å². The maximum Gasteiger partial charge on any atom is 0.231 e. The first kappa shape index (κ1) is 21.3. The summed E-state index contributed by atoms with van der Waals surface area (Å²) in [5.74, 6) is 1.23. The van der Waals surface area contributed by atoms with Gasteiger partial charge in [0.15, 0.2) is 11.0 Å². The summed E-state index contributed by atoms with van der Waals surface area (Å²) in [6, 6.07) is 11.6. The second-order valence-electron chi connectivity index (χ2n) is 6.80. The number of benzene rings is 1. The van der Waals surface area contributed by atoms with Gasteiger partial charge in [-0.15, -0.1) is 21.5 Å². The number of carbonyl (C=O) groups is 1. The Morgan fingerprint density at radius 2 is 2.06 bits per heavy atom. The summed E-state index contributed by atoms with van der Waals surface area (Å²) in [7, 11) is 0. The molecule has 9 heteroatoms. The Balaban J connectivity index is 1.47. The molecule has 0 unspecified atom stereocenters.